The Kier molecular flexibility index (Phi) is 9.59. The molecular formula is C16H29NO2Si. The Hall–Kier alpha value is -0.813. The van der Waals surface area contributed by atoms with Gasteiger partial charge in [0.15, 0.2) is 0 Å². The molecule has 0 aromatic heterocycles. The molecule has 0 saturated carbocycles. The summed E-state index contributed by atoms with van der Waals surface area (Å²) < 4.78 is 5.94. The minimum absolute atomic E-state index is 0.00639. The predicted octanol–water partition coefficient (Wildman–Crippen LogP) is 3.50. The number of hydrogen-bond donors (Lipinski definition) is 1. The highest BCUT2D eigenvalue weighted by Gasteiger charge is 2.14. The van der Waals surface area contributed by atoms with Crippen LogP contribution < -0.4 is 0 Å². The quantitative estimate of drug-likeness (QED) is 0.423. The molecule has 0 aliphatic heterocycles. The lowest BCUT2D eigenvalue weighted by atomic mass is 10.1. The summed E-state index contributed by atoms with van der Waals surface area (Å²) in [7, 11) is -1.40. The van der Waals surface area contributed by atoms with E-state index in [-0.39, 0.29) is 18.3 Å². The van der Waals surface area contributed by atoms with Crippen LogP contribution in [-0.2, 0) is 4.74 Å². The summed E-state index contributed by atoms with van der Waals surface area (Å²) in [5.74, 6) is 3.27. The smallest absolute Gasteiger partial charge is 0.129 e. The first-order valence-electron chi connectivity index (χ1n) is 7.47. The Balaban J connectivity index is 4.45. The molecule has 0 rings (SSSR count). The molecule has 0 amide bonds. The van der Waals surface area contributed by atoms with E-state index in [4.69, 9.17) is 10.00 Å². The van der Waals surface area contributed by atoms with Crippen LogP contribution in [0.25, 0.3) is 0 Å². The van der Waals surface area contributed by atoms with Crippen LogP contribution in [0.4, 0.5) is 0 Å². The third kappa shape index (κ3) is 12.2. The van der Waals surface area contributed by atoms with Crippen molar-refractivity contribution >= 4 is 8.07 Å². The van der Waals surface area contributed by atoms with E-state index in [2.05, 4.69) is 37.2 Å². The summed E-state index contributed by atoms with van der Waals surface area (Å²) in [4.78, 5) is 0. The van der Waals surface area contributed by atoms with Crippen LogP contribution in [0.5, 0.6) is 0 Å². The maximum absolute atomic E-state index is 9.40. The lowest BCUT2D eigenvalue weighted by Crippen LogP contribution is -2.24. The molecule has 0 aromatic rings. The molecule has 0 saturated heterocycles. The highest BCUT2D eigenvalue weighted by Crippen LogP contribution is 2.12. The molecule has 0 aliphatic rings. The molecule has 0 aliphatic carbocycles. The van der Waals surface area contributed by atoms with E-state index >= 15 is 0 Å². The van der Waals surface area contributed by atoms with Crippen molar-refractivity contribution < 1.29 is 9.84 Å². The van der Waals surface area contributed by atoms with Crippen molar-refractivity contribution in [2.75, 3.05) is 0 Å². The highest BCUT2D eigenvalue weighted by atomic mass is 28.3. The van der Waals surface area contributed by atoms with Crippen molar-refractivity contribution in [1.29, 1.82) is 5.26 Å². The highest BCUT2D eigenvalue weighted by molar-refractivity contribution is 6.83. The van der Waals surface area contributed by atoms with Crippen LogP contribution >= 0.6 is 0 Å². The number of unbranched alkanes of at least 4 members (excludes halogenated alkanes) is 2. The van der Waals surface area contributed by atoms with Gasteiger partial charge in [0.25, 0.3) is 0 Å². The van der Waals surface area contributed by atoms with Crippen LogP contribution in [0.2, 0.25) is 19.6 Å². The molecule has 0 fully saturated rings. The van der Waals surface area contributed by atoms with Crippen LogP contribution in [0, 0.1) is 22.8 Å². The molecule has 114 valence electrons. The Morgan fingerprint density at radius 2 is 1.85 bits per heavy atom. The SMILES string of the molecule is C[C@H](C[C@@H](C)O)O[C@@H](C#C[Si](C)(C)C)CCCCC#N. The van der Waals surface area contributed by atoms with Gasteiger partial charge in [-0.3, -0.25) is 0 Å². The molecule has 0 heterocycles. The third-order valence-corrected chi connectivity index (χ3v) is 3.58. The summed E-state index contributed by atoms with van der Waals surface area (Å²) in [5, 5.41) is 18.0. The normalized spacial score (nSPS) is 15.7. The standard InChI is InChI=1S/C16H29NO2Si/c1-14(18)13-15(2)19-16(9-7-6-8-11-17)10-12-20(3,4)5/h14-16,18H,6-9,13H2,1-5H3/t14-,15-,16-/m1/s1. The molecule has 3 atom stereocenters. The summed E-state index contributed by atoms with van der Waals surface area (Å²) >= 11 is 0. The van der Waals surface area contributed by atoms with E-state index in [0.717, 1.165) is 19.3 Å². The average molecular weight is 295 g/mol. The fourth-order valence-corrected chi connectivity index (χ4v) is 2.42. The second-order valence-corrected chi connectivity index (χ2v) is 11.2. The van der Waals surface area contributed by atoms with E-state index in [1.165, 1.54) is 0 Å². The summed E-state index contributed by atoms with van der Waals surface area (Å²) in [5.41, 5.74) is 3.36. The third-order valence-electron chi connectivity index (χ3n) is 2.68. The molecule has 0 radical (unpaired) electrons. The summed E-state index contributed by atoms with van der Waals surface area (Å²) in [6, 6.07) is 2.16. The lowest BCUT2D eigenvalue weighted by Gasteiger charge is -2.20. The lowest BCUT2D eigenvalue weighted by molar-refractivity contribution is -0.00230. The van der Waals surface area contributed by atoms with E-state index in [9.17, 15) is 5.11 Å². The minimum Gasteiger partial charge on any atom is -0.393 e. The van der Waals surface area contributed by atoms with Gasteiger partial charge in [0.1, 0.15) is 14.2 Å². The van der Waals surface area contributed by atoms with Crippen LogP contribution in [-0.4, -0.2) is 31.5 Å². The van der Waals surface area contributed by atoms with Gasteiger partial charge in [0.05, 0.1) is 18.3 Å². The molecule has 0 aromatic carbocycles. The van der Waals surface area contributed by atoms with Gasteiger partial charge >= 0.3 is 0 Å². The second kappa shape index (κ2) is 9.99. The largest absolute Gasteiger partial charge is 0.393 e. The number of aliphatic hydroxyl groups excluding tert-OH is 1. The number of nitriles is 1. The van der Waals surface area contributed by atoms with Gasteiger partial charge in [-0.15, -0.1) is 5.54 Å². The number of rotatable bonds is 8. The second-order valence-electron chi connectivity index (χ2n) is 6.44. The van der Waals surface area contributed by atoms with E-state index in [0.29, 0.717) is 12.8 Å². The number of ether oxygens (including phenoxy) is 1. The minimum atomic E-state index is -1.40. The van der Waals surface area contributed by atoms with Gasteiger partial charge in [-0.05, 0) is 39.5 Å². The van der Waals surface area contributed by atoms with Gasteiger partial charge in [0, 0.05) is 6.42 Å². The molecule has 0 unspecified atom stereocenters. The van der Waals surface area contributed by atoms with E-state index < -0.39 is 8.07 Å². The fraction of sp³-hybridized carbons (Fsp3) is 0.812. The van der Waals surface area contributed by atoms with Crippen LogP contribution in [0.3, 0.4) is 0 Å². The number of aliphatic hydroxyl groups is 1. The molecule has 20 heavy (non-hydrogen) atoms. The van der Waals surface area contributed by atoms with E-state index in [1.54, 1.807) is 6.92 Å². The summed E-state index contributed by atoms with van der Waals surface area (Å²) in [6.45, 7) is 10.4. The molecule has 0 spiro atoms. The first-order chi connectivity index (χ1) is 9.24. The monoisotopic (exact) mass is 295 g/mol. The van der Waals surface area contributed by atoms with Crippen molar-refractivity contribution in [3.8, 4) is 17.5 Å². The zero-order valence-electron chi connectivity index (χ0n) is 13.6. The maximum Gasteiger partial charge on any atom is 0.129 e. The molecule has 1 N–H and O–H groups in total. The molecule has 0 bridgehead atoms. The molecule has 4 heteroatoms. The molecule has 3 nitrogen and oxygen atoms in total. The van der Waals surface area contributed by atoms with Crippen molar-refractivity contribution in [2.45, 2.75) is 83.9 Å². The van der Waals surface area contributed by atoms with Crippen molar-refractivity contribution in [3.63, 3.8) is 0 Å². The van der Waals surface area contributed by atoms with Gasteiger partial charge in [-0.1, -0.05) is 25.6 Å². The van der Waals surface area contributed by atoms with Crippen LogP contribution in [0.1, 0.15) is 46.0 Å². The van der Waals surface area contributed by atoms with Gasteiger partial charge in [-0.2, -0.15) is 5.26 Å². The van der Waals surface area contributed by atoms with Gasteiger partial charge < -0.3 is 9.84 Å². The topological polar surface area (TPSA) is 53.2 Å². The zero-order chi connectivity index (χ0) is 15.6. The van der Waals surface area contributed by atoms with Crippen molar-refractivity contribution in [3.05, 3.63) is 0 Å². The fourth-order valence-electron chi connectivity index (χ4n) is 1.82. The first-order valence-corrected chi connectivity index (χ1v) is 11.0. The zero-order valence-corrected chi connectivity index (χ0v) is 14.6. The van der Waals surface area contributed by atoms with Crippen molar-refractivity contribution in [2.24, 2.45) is 0 Å². The Morgan fingerprint density at radius 3 is 2.35 bits per heavy atom. The first kappa shape index (κ1) is 19.2. The maximum atomic E-state index is 9.40. The Morgan fingerprint density at radius 1 is 1.20 bits per heavy atom. The number of hydrogen-bond acceptors (Lipinski definition) is 3. The van der Waals surface area contributed by atoms with Crippen molar-refractivity contribution in [1.82, 2.24) is 0 Å². The van der Waals surface area contributed by atoms with Gasteiger partial charge in [-0.25, -0.2) is 0 Å². The predicted molar refractivity (Wildman–Crippen MR) is 85.8 cm³/mol. The Bertz CT molecular complexity index is 357. The summed E-state index contributed by atoms with van der Waals surface area (Å²) in [6.07, 6.45) is 3.52. The van der Waals surface area contributed by atoms with Gasteiger partial charge in [0.2, 0.25) is 0 Å². The Labute approximate surface area is 125 Å². The molecular weight excluding hydrogens is 266 g/mol. The van der Waals surface area contributed by atoms with E-state index in [1.807, 2.05) is 6.92 Å². The van der Waals surface area contributed by atoms with Crippen LogP contribution in [0.15, 0.2) is 0 Å². The average Bonchev–Trinajstić information content (AvgIpc) is 2.29. The number of nitrogens with zero attached hydrogens (tertiary/aromatic N) is 1.